The molecule has 0 aliphatic carbocycles. The van der Waals surface area contributed by atoms with Crippen LogP contribution in [-0.2, 0) is 4.74 Å². The number of nitrogens with zero attached hydrogens (tertiary/aromatic N) is 2. The zero-order valence-corrected chi connectivity index (χ0v) is 13.4. The summed E-state index contributed by atoms with van der Waals surface area (Å²) in [5.74, 6) is 0. The van der Waals surface area contributed by atoms with Crippen LogP contribution in [0.15, 0.2) is 22.7 Å². The molecule has 1 saturated heterocycles. The van der Waals surface area contributed by atoms with Crippen LogP contribution in [-0.4, -0.2) is 42.6 Å². The van der Waals surface area contributed by atoms with E-state index in [0.717, 1.165) is 12.1 Å². The summed E-state index contributed by atoms with van der Waals surface area (Å²) in [4.78, 5) is 12.6. The Morgan fingerprint density at radius 3 is 2.57 bits per heavy atom. The van der Waals surface area contributed by atoms with Crippen LogP contribution in [0.5, 0.6) is 0 Å². The van der Waals surface area contributed by atoms with E-state index in [2.05, 4.69) is 15.9 Å². The second kappa shape index (κ2) is 6.26. The number of carbonyl (C=O) groups is 1. The van der Waals surface area contributed by atoms with Crippen molar-refractivity contribution >= 4 is 27.7 Å². The van der Waals surface area contributed by atoms with E-state index in [1.807, 2.05) is 0 Å². The molecule has 0 spiro atoms. The predicted molar refractivity (Wildman–Crippen MR) is 88.9 cm³/mol. The maximum Gasteiger partial charge on any atom is 0.410 e. The fraction of sp³-hybridized carbons (Fsp3) is 0.562. The van der Waals surface area contributed by atoms with Gasteiger partial charge in [0, 0.05) is 40.3 Å². The molecule has 1 aromatic carbocycles. The first-order valence-electron chi connectivity index (χ1n) is 11.6. The number of anilines is 1. The molecule has 1 heterocycles. The zero-order chi connectivity index (χ0) is 25.3. The van der Waals surface area contributed by atoms with Crippen molar-refractivity contribution in [3.63, 3.8) is 0 Å². The molecule has 1 fully saturated rings. The molecule has 2 rings (SSSR count). The summed E-state index contributed by atoms with van der Waals surface area (Å²) in [6, 6.07) is 3.44. The second-order valence-electron chi connectivity index (χ2n) is 5.26. The molecule has 0 saturated carbocycles. The van der Waals surface area contributed by atoms with Gasteiger partial charge in [-0.25, -0.2) is 4.79 Å². The lowest BCUT2D eigenvalue weighted by molar-refractivity contribution is 0.0240. The Bertz CT molecular complexity index is 884. The van der Waals surface area contributed by atoms with Gasteiger partial charge in [0.15, 0.2) is 0 Å². The highest BCUT2D eigenvalue weighted by molar-refractivity contribution is 9.10. The summed E-state index contributed by atoms with van der Waals surface area (Å²) in [6.45, 7) is -12.4. The third kappa shape index (κ3) is 4.37. The molecule has 1 amide bonds. The van der Waals surface area contributed by atoms with Crippen LogP contribution >= 0.6 is 15.9 Å². The summed E-state index contributed by atoms with van der Waals surface area (Å²) < 4.78 is 95.6. The minimum atomic E-state index is -3.48. The number of amides is 1. The van der Waals surface area contributed by atoms with Crippen LogP contribution in [0.25, 0.3) is 0 Å². The van der Waals surface area contributed by atoms with Crippen molar-refractivity contribution in [2.45, 2.75) is 33.2 Å². The molecule has 0 aromatic heterocycles. The molecule has 21 heavy (non-hydrogen) atoms. The van der Waals surface area contributed by atoms with E-state index in [1.54, 1.807) is 0 Å². The Hall–Kier alpha value is -1.23. The van der Waals surface area contributed by atoms with Crippen LogP contribution in [0.2, 0.25) is 0 Å². The molecular formula is C16H23BrN2O2. The molecule has 0 unspecified atom stereocenters. The monoisotopic (exact) mass is 365 g/mol. The van der Waals surface area contributed by atoms with E-state index >= 15 is 0 Å². The molecule has 116 valence electrons. The summed E-state index contributed by atoms with van der Waals surface area (Å²) in [6.07, 6.45) is -1.60. The van der Waals surface area contributed by atoms with E-state index < -0.39 is 55.8 Å². The van der Waals surface area contributed by atoms with E-state index in [4.69, 9.17) is 19.8 Å². The van der Waals surface area contributed by atoms with Gasteiger partial charge in [-0.2, -0.15) is 0 Å². The fourth-order valence-electron chi connectivity index (χ4n) is 1.48. The molecule has 0 bridgehead atoms. The molecule has 4 nitrogen and oxygen atoms in total. The Labute approximate surface area is 150 Å². The quantitative estimate of drug-likeness (QED) is 0.758. The van der Waals surface area contributed by atoms with Crippen LogP contribution in [0, 0.1) is 6.85 Å². The lowest BCUT2D eigenvalue weighted by atomic mass is 10.1. The summed E-state index contributed by atoms with van der Waals surface area (Å²) in [7, 11) is 0. The normalized spacial score (nSPS) is 34.0. The van der Waals surface area contributed by atoms with Gasteiger partial charge in [-0.3, -0.25) is 0 Å². The molecule has 0 radical (unpaired) electrons. The third-order valence-electron chi connectivity index (χ3n) is 2.32. The van der Waals surface area contributed by atoms with E-state index in [0.29, 0.717) is 0 Å². The van der Waals surface area contributed by atoms with E-state index in [-0.39, 0.29) is 14.3 Å². The lowest BCUT2D eigenvalue weighted by Crippen LogP contribution is -2.50. The van der Waals surface area contributed by atoms with Gasteiger partial charge in [0.2, 0.25) is 0 Å². The highest BCUT2D eigenvalue weighted by Crippen LogP contribution is 2.25. The van der Waals surface area contributed by atoms with Crippen molar-refractivity contribution in [3.05, 3.63) is 28.2 Å². The number of carbonyl (C=O) groups excluding carboxylic acids is 1. The smallest absolute Gasteiger partial charge is 0.410 e. The number of ether oxygens (including phenoxy) is 1. The average molecular weight is 366 g/mol. The maximum atomic E-state index is 12.7. The molecule has 1 aromatic rings. The Kier molecular flexibility index (Phi) is 2.06. The Balaban J connectivity index is 2.83. The van der Waals surface area contributed by atoms with Crippen LogP contribution < -0.4 is 4.90 Å². The molecule has 5 heteroatoms. The largest absolute Gasteiger partial charge is 0.444 e. The zero-order valence-electron chi connectivity index (χ0n) is 22.8. The first-order valence-corrected chi connectivity index (χ1v) is 6.92. The minimum Gasteiger partial charge on any atom is -0.444 e. The molecule has 1 aliphatic heterocycles. The summed E-state index contributed by atoms with van der Waals surface area (Å²) >= 11 is 3.10. The molecule has 0 N–H and O–H groups in total. The fourth-order valence-corrected chi connectivity index (χ4v) is 1.84. The second-order valence-corrected chi connectivity index (χ2v) is 6.18. The van der Waals surface area contributed by atoms with Crippen molar-refractivity contribution < 1.29 is 24.6 Å². The molecule has 1 aliphatic rings. The summed E-state index contributed by atoms with van der Waals surface area (Å²) in [5.41, 5.74) is -2.32. The van der Waals surface area contributed by atoms with Gasteiger partial charge < -0.3 is 14.5 Å². The number of benzene rings is 1. The predicted octanol–water partition coefficient (Wildman–Crippen LogP) is 3.81. The standard InChI is InChI=1S/C16H23BrN2O2/c1-12-11-13(17)5-6-14(12)18-7-9-19(10-8-18)15(20)21-16(2,3)4/h5-6,11H,7-10H2,1-4H3/i1D3,7D2,8D2,9D2,10D2. The van der Waals surface area contributed by atoms with Crippen molar-refractivity contribution in [1.82, 2.24) is 4.90 Å². The Morgan fingerprint density at radius 1 is 1.33 bits per heavy atom. The van der Waals surface area contributed by atoms with Crippen molar-refractivity contribution in [3.8, 4) is 0 Å². The minimum absolute atomic E-state index is 0.106. The van der Waals surface area contributed by atoms with Crippen molar-refractivity contribution in [1.29, 1.82) is 0 Å². The van der Waals surface area contributed by atoms with Gasteiger partial charge in [0.1, 0.15) is 5.60 Å². The van der Waals surface area contributed by atoms with E-state index in [1.165, 1.54) is 26.8 Å². The van der Waals surface area contributed by atoms with Crippen LogP contribution in [0.1, 0.15) is 41.4 Å². The number of piperazine rings is 1. The number of aryl methyl sites for hydroxylation is 1. The Morgan fingerprint density at radius 2 is 2.00 bits per heavy atom. The van der Waals surface area contributed by atoms with Crippen molar-refractivity contribution in [2.24, 2.45) is 0 Å². The average Bonchev–Trinajstić information content (AvgIpc) is 2.51. The highest BCUT2D eigenvalue weighted by Gasteiger charge is 2.26. The van der Waals surface area contributed by atoms with Crippen LogP contribution in [0.4, 0.5) is 10.5 Å². The van der Waals surface area contributed by atoms with Crippen LogP contribution in [0.3, 0.4) is 0 Å². The highest BCUT2D eigenvalue weighted by atomic mass is 79.9. The maximum absolute atomic E-state index is 12.7. The summed E-state index contributed by atoms with van der Waals surface area (Å²) in [5, 5.41) is 0. The third-order valence-corrected chi connectivity index (χ3v) is 2.82. The van der Waals surface area contributed by atoms with E-state index in [9.17, 15) is 4.79 Å². The first kappa shape index (κ1) is 6.90. The first-order chi connectivity index (χ1) is 14.0. The SMILES string of the molecule is [2H]C([2H])([2H])c1cc(Br)ccc1N1C([2H])([2H])C([2H])([2H])N(C(=O)OC(C)(C)C)C([2H])([2H])C1([2H])[2H]. The number of rotatable bonds is 1. The number of hydrogen-bond acceptors (Lipinski definition) is 3. The molecular weight excluding hydrogens is 332 g/mol. The number of hydrogen-bond donors (Lipinski definition) is 0. The molecule has 0 atom stereocenters. The van der Waals surface area contributed by atoms with Gasteiger partial charge in [0.25, 0.3) is 0 Å². The lowest BCUT2D eigenvalue weighted by Gasteiger charge is -2.37. The van der Waals surface area contributed by atoms with Gasteiger partial charge in [0.05, 0.1) is 11.0 Å². The van der Waals surface area contributed by atoms with Gasteiger partial charge in [-0.15, -0.1) is 0 Å². The van der Waals surface area contributed by atoms with Gasteiger partial charge in [-0.05, 0) is 51.4 Å². The van der Waals surface area contributed by atoms with Gasteiger partial charge >= 0.3 is 6.09 Å². The van der Waals surface area contributed by atoms with Crippen molar-refractivity contribution in [2.75, 3.05) is 30.9 Å². The van der Waals surface area contributed by atoms with Gasteiger partial charge in [-0.1, -0.05) is 15.9 Å². The number of halogens is 1. The topological polar surface area (TPSA) is 32.8 Å².